The molecule has 1 aliphatic rings. The molecule has 0 radical (unpaired) electrons. The molecule has 2 aromatic carbocycles. The number of piperidine rings is 1. The Morgan fingerprint density at radius 3 is 2.42 bits per heavy atom. The molecule has 1 amide bonds. The summed E-state index contributed by atoms with van der Waals surface area (Å²) >= 11 is 0. The van der Waals surface area contributed by atoms with Gasteiger partial charge in [-0.2, -0.15) is 0 Å². The lowest BCUT2D eigenvalue weighted by molar-refractivity contribution is -0.161. The average molecular weight is 420 g/mol. The Labute approximate surface area is 179 Å². The van der Waals surface area contributed by atoms with Gasteiger partial charge in [-0.15, -0.1) is 0 Å². The molecule has 2 atom stereocenters. The second-order valence-electron chi connectivity index (χ2n) is 7.98. The zero-order chi connectivity index (χ0) is 22.0. The SMILES string of the molecule is Cc1onc(-c2ccccc2)c1C(=O)N1CC[C@H](O)[C@](Cc2ccccc2)(C(=O)O)C1. The van der Waals surface area contributed by atoms with Crippen LogP contribution in [0.25, 0.3) is 11.3 Å². The molecule has 0 bridgehead atoms. The Morgan fingerprint density at radius 1 is 1.13 bits per heavy atom. The molecule has 2 heterocycles. The minimum atomic E-state index is -1.49. The van der Waals surface area contributed by atoms with E-state index in [0.29, 0.717) is 17.0 Å². The van der Waals surface area contributed by atoms with E-state index < -0.39 is 17.5 Å². The molecule has 3 aromatic rings. The van der Waals surface area contributed by atoms with E-state index in [2.05, 4.69) is 5.16 Å². The summed E-state index contributed by atoms with van der Waals surface area (Å²) in [6, 6.07) is 18.4. The first kappa shape index (κ1) is 20.8. The third kappa shape index (κ3) is 3.84. The molecule has 0 unspecified atom stereocenters. The number of nitrogens with zero attached hydrogens (tertiary/aromatic N) is 2. The van der Waals surface area contributed by atoms with Gasteiger partial charge < -0.3 is 19.6 Å². The van der Waals surface area contributed by atoms with E-state index >= 15 is 0 Å². The number of carbonyl (C=O) groups excluding carboxylic acids is 1. The first-order chi connectivity index (χ1) is 14.9. The van der Waals surface area contributed by atoms with Crippen molar-refractivity contribution in [3.63, 3.8) is 0 Å². The number of amides is 1. The fraction of sp³-hybridized carbons (Fsp3) is 0.292. The zero-order valence-corrected chi connectivity index (χ0v) is 17.2. The van der Waals surface area contributed by atoms with Gasteiger partial charge in [-0.3, -0.25) is 9.59 Å². The monoisotopic (exact) mass is 420 g/mol. The van der Waals surface area contributed by atoms with E-state index in [1.54, 1.807) is 6.92 Å². The third-order valence-electron chi connectivity index (χ3n) is 5.98. The highest BCUT2D eigenvalue weighted by Gasteiger charge is 2.50. The number of likely N-dealkylation sites (tertiary alicyclic amines) is 1. The molecule has 0 aliphatic carbocycles. The van der Waals surface area contributed by atoms with Gasteiger partial charge >= 0.3 is 5.97 Å². The van der Waals surface area contributed by atoms with Crippen LogP contribution in [0.3, 0.4) is 0 Å². The van der Waals surface area contributed by atoms with Crippen molar-refractivity contribution in [2.75, 3.05) is 13.1 Å². The number of carboxylic acids is 1. The van der Waals surface area contributed by atoms with E-state index in [-0.39, 0.29) is 31.8 Å². The highest BCUT2D eigenvalue weighted by Crippen LogP contribution is 2.36. The van der Waals surface area contributed by atoms with Gasteiger partial charge in [0.25, 0.3) is 5.91 Å². The quantitative estimate of drug-likeness (QED) is 0.657. The second-order valence-corrected chi connectivity index (χ2v) is 7.98. The second kappa shape index (κ2) is 8.35. The number of aromatic nitrogens is 1. The standard InChI is InChI=1S/C24H24N2O5/c1-16-20(21(25-31-16)18-10-6-3-7-11-18)22(28)26-13-12-19(27)24(15-26,23(29)30)14-17-8-4-2-5-9-17/h2-11,19,27H,12-15H2,1H3,(H,29,30)/t19-,24+/m0/s1. The molecule has 1 aliphatic heterocycles. The molecule has 0 saturated carbocycles. The lowest BCUT2D eigenvalue weighted by Crippen LogP contribution is -2.58. The van der Waals surface area contributed by atoms with Crippen molar-refractivity contribution in [2.24, 2.45) is 5.41 Å². The summed E-state index contributed by atoms with van der Waals surface area (Å²) in [6.45, 7) is 1.82. The normalized spacial score (nSPS) is 21.1. The van der Waals surface area contributed by atoms with Crippen LogP contribution in [0.5, 0.6) is 0 Å². The van der Waals surface area contributed by atoms with Crippen molar-refractivity contribution in [1.29, 1.82) is 0 Å². The van der Waals surface area contributed by atoms with Gasteiger partial charge in [0.05, 0.1) is 6.10 Å². The highest BCUT2D eigenvalue weighted by molar-refractivity contribution is 6.01. The Hall–Kier alpha value is -3.45. The molecular weight excluding hydrogens is 396 g/mol. The summed E-state index contributed by atoms with van der Waals surface area (Å²) < 4.78 is 5.32. The summed E-state index contributed by atoms with van der Waals surface area (Å²) in [5.74, 6) is -1.09. The minimum Gasteiger partial charge on any atom is -0.481 e. The number of carbonyl (C=O) groups is 2. The van der Waals surface area contributed by atoms with Crippen molar-refractivity contribution in [3.8, 4) is 11.3 Å². The first-order valence-electron chi connectivity index (χ1n) is 10.2. The topological polar surface area (TPSA) is 104 Å². The third-order valence-corrected chi connectivity index (χ3v) is 5.98. The molecule has 4 rings (SSSR count). The Kier molecular flexibility index (Phi) is 5.61. The Morgan fingerprint density at radius 2 is 1.77 bits per heavy atom. The fourth-order valence-electron chi connectivity index (χ4n) is 4.25. The van der Waals surface area contributed by atoms with Gasteiger partial charge in [-0.25, -0.2) is 0 Å². The van der Waals surface area contributed by atoms with Crippen LogP contribution in [0.15, 0.2) is 65.2 Å². The minimum absolute atomic E-state index is 0.101. The summed E-state index contributed by atoms with van der Waals surface area (Å²) in [5.41, 5.74) is 0.797. The van der Waals surface area contributed by atoms with Gasteiger partial charge in [0.1, 0.15) is 22.4 Å². The number of aliphatic hydroxyl groups is 1. The molecule has 1 aromatic heterocycles. The van der Waals surface area contributed by atoms with Gasteiger partial charge in [0.15, 0.2) is 0 Å². The van der Waals surface area contributed by atoms with Gasteiger partial charge in [0.2, 0.25) is 0 Å². The van der Waals surface area contributed by atoms with Crippen LogP contribution >= 0.6 is 0 Å². The van der Waals surface area contributed by atoms with Gasteiger partial charge in [-0.05, 0) is 25.3 Å². The van der Waals surface area contributed by atoms with Crippen LogP contribution in [0, 0.1) is 12.3 Å². The molecule has 2 N–H and O–H groups in total. The van der Waals surface area contributed by atoms with Crippen LogP contribution in [0.2, 0.25) is 0 Å². The number of hydrogen-bond donors (Lipinski definition) is 2. The summed E-state index contributed by atoms with van der Waals surface area (Å²) in [4.78, 5) is 27.4. The summed E-state index contributed by atoms with van der Waals surface area (Å²) in [6.07, 6.45) is -0.760. The molecule has 31 heavy (non-hydrogen) atoms. The molecule has 7 nitrogen and oxygen atoms in total. The molecule has 0 spiro atoms. The van der Waals surface area contributed by atoms with E-state index in [1.165, 1.54) is 4.90 Å². The van der Waals surface area contributed by atoms with Crippen molar-refractivity contribution < 1.29 is 24.3 Å². The zero-order valence-electron chi connectivity index (χ0n) is 17.2. The average Bonchev–Trinajstić information content (AvgIpc) is 3.17. The van der Waals surface area contributed by atoms with Gasteiger partial charge in [-0.1, -0.05) is 65.8 Å². The van der Waals surface area contributed by atoms with Crippen LogP contribution in [-0.2, 0) is 11.2 Å². The lowest BCUT2D eigenvalue weighted by atomic mass is 9.72. The van der Waals surface area contributed by atoms with E-state index in [1.807, 2.05) is 60.7 Å². The van der Waals surface area contributed by atoms with Crippen molar-refractivity contribution >= 4 is 11.9 Å². The summed E-state index contributed by atoms with van der Waals surface area (Å²) in [5, 5.41) is 24.9. The van der Waals surface area contributed by atoms with Crippen molar-refractivity contribution in [1.82, 2.24) is 10.1 Å². The number of hydrogen-bond acceptors (Lipinski definition) is 5. The number of rotatable bonds is 5. The van der Waals surface area contributed by atoms with Crippen LogP contribution in [0.4, 0.5) is 0 Å². The number of carboxylic acid groups (broad SMARTS) is 1. The maximum absolute atomic E-state index is 13.5. The number of aliphatic carboxylic acids is 1. The van der Waals surface area contributed by atoms with E-state index in [9.17, 15) is 19.8 Å². The number of benzene rings is 2. The number of aryl methyl sites for hydroxylation is 1. The largest absolute Gasteiger partial charge is 0.481 e. The highest BCUT2D eigenvalue weighted by atomic mass is 16.5. The molecule has 1 saturated heterocycles. The Bertz CT molecular complexity index is 1080. The Balaban J connectivity index is 1.68. The summed E-state index contributed by atoms with van der Waals surface area (Å²) in [7, 11) is 0. The fourth-order valence-corrected chi connectivity index (χ4v) is 4.25. The smallest absolute Gasteiger partial charge is 0.314 e. The number of aliphatic hydroxyl groups excluding tert-OH is 1. The van der Waals surface area contributed by atoms with E-state index in [4.69, 9.17) is 4.52 Å². The lowest BCUT2D eigenvalue weighted by Gasteiger charge is -2.43. The molecule has 7 heteroatoms. The van der Waals surface area contributed by atoms with E-state index in [0.717, 1.165) is 11.1 Å². The molecule has 1 fully saturated rings. The maximum atomic E-state index is 13.5. The van der Waals surface area contributed by atoms with Crippen LogP contribution in [0.1, 0.15) is 28.1 Å². The molecular formula is C24H24N2O5. The first-order valence-corrected chi connectivity index (χ1v) is 10.2. The van der Waals surface area contributed by atoms with Crippen molar-refractivity contribution in [3.05, 3.63) is 77.6 Å². The van der Waals surface area contributed by atoms with Crippen molar-refractivity contribution in [2.45, 2.75) is 25.9 Å². The van der Waals surface area contributed by atoms with Crippen LogP contribution in [-0.4, -0.2) is 51.3 Å². The predicted octanol–water partition coefficient (Wildman–Crippen LogP) is 3.17. The predicted molar refractivity (Wildman–Crippen MR) is 113 cm³/mol. The van der Waals surface area contributed by atoms with Gasteiger partial charge in [0, 0.05) is 18.7 Å². The van der Waals surface area contributed by atoms with Crippen LogP contribution < -0.4 is 0 Å². The maximum Gasteiger partial charge on any atom is 0.314 e. The molecule has 160 valence electrons.